The Bertz CT molecular complexity index is 819. The van der Waals surface area contributed by atoms with Crippen LogP contribution in [0.3, 0.4) is 0 Å². The van der Waals surface area contributed by atoms with Gasteiger partial charge in [-0.15, -0.1) is 0 Å². The first-order valence-corrected chi connectivity index (χ1v) is 9.43. The molecule has 1 amide bonds. The highest BCUT2D eigenvalue weighted by Crippen LogP contribution is 2.22. The van der Waals surface area contributed by atoms with E-state index in [4.69, 9.17) is 4.52 Å². The lowest BCUT2D eigenvalue weighted by atomic mass is 10.0. The van der Waals surface area contributed by atoms with Gasteiger partial charge in [0.05, 0.1) is 18.1 Å². The minimum atomic E-state index is -2.97. The summed E-state index contributed by atoms with van der Waals surface area (Å²) in [5.74, 6) is 0.716. The summed E-state index contributed by atoms with van der Waals surface area (Å²) in [6.07, 6.45) is 2.40. The fraction of sp³-hybridized carbons (Fsp3) is 0.467. The number of hydrogen-bond donors (Lipinski definition) is 0. The molecule has 0 radical (unpaired) electrons. The van der Waals surface area contributed by atoms with Crippen molar-refractivity contribution in [2.45, 2.75) is 19.4 Å². The van der Waals surface area contributed by atoms with Gasteiger partial charge in [-0.1, -0.05) is 11.2 Å². The smallest absolute Gasteiger partial charge is 0.246 e. The molecular weight excluding hydrogens is 332 g/mol. The summed E-state index contributed by atoms with van der Waals surface area (Å²) in [6, 6.07) is 5.38. The molecule has 2 aromatic rings. The summed E-state index contributed by atoms with van der Waals surface area (Å²) in [6.45, 7) is 0.179. The molecule has 128 valence electrons. The van der Waals surface area contributed by atoms with Gasteiger partial charge in [-0.2, -0.15) is 4.98 Å². The van der Waals surface area contributed by atoms with E-state index < -0.39 is 9.84 Å². The van der Waals surface area contributed by atoms with E-state index >= 15 is 0 Å². The average molecular weight is 350 g/mol. The highest BCUT2D eigenvalue weighted by atomic mass is 32.2. The Kier molecular flexibility index (Phi) is 4.61. The molecule has 3 heterocycles. The standard InChI is InChI=1S/C15H18N4O4S/c1-19(14(20)8-11-5-7-24(21,22)10-11)9-13-17-15(18-23-13)12-4-2-3-6-16-12/h2-4,6,11H,5,7-10H2,1H3. The summed E-state index contributed by atoms with van der Waals surface area (Å²) in [7, 11) is -1.34. The number of rotatable bonds is 5. The number of aromatic nitrogens is 3. The van der Waals surface area contributed by atoms with Crippen molar-refractivity contribution in [3.8, 4) is 11.5 Å². The summed E-state index contributed by atoms with van der Waals surface area (Å²) in [4.78, 5) is 22.1. The van der Waals surface area contributed by atoms with Gasteiger partial charge in [0.25, 0.3) is 0 Å². The van der Waals surface area contributed by atoms with Crippen LogP contribution < -0.4 is 0 Å². The van der Waals surface area contributed by atoms with E-state index in [1.54, 1.807) is 25.4 Å². The minimum absolute atomic E-state index is 0.0942. The van der Waals surface area contributed by atoms with Crippen LogP contribution in [-0.2, 0) is 21.2 Å². The van der Waals surface area contributed by atoms with Gasteiger partial charge in [0.15, 0.2) is 9.84 Å². The maximum Gasteiger partial charge on any atom is 0.246 e. The molecule has 1 aliphatic heterocycles. The molecule has 1 aliphatic rings. The molecule has 9 heteroatoms. The lowest BCUT2D eigenvalue weighted by Gasteiger charge is -2.16. The van der Waals surface area contributed by atoms with E-state index in [-0.39, 0.29) is 36.3 Å². The Balaban J connectivity index is 1.58. The maximum atomic E-state index is 12.2. The van der Waals surface area contributed by atoms with Crippen LogP contribution in [0.15, 0.2) is 28.9 Å². The van der Waals surface area contributed by atoms with Crippen molar-refractivity contribution in [1.29, 1.82) is 0 Å². The van der Waals surface area contributed by atoms with Crippen LogP contribution in [0.2, 0.25) is 0 Å². The molecule has 0 aliphatic carbocycles. The molecular formula is C15H18N4O4S. The van der Waals surface area contributed by atoms with Crippen molar-refractivity contribution in [3.05, 3.63) is 30.3 Å². The summed E-state index contributed by atoms with van der Waals surface area (Å²) in [5, 5.41) is 3.86. The van der Waals surface area contributed by atoms with Crippen molar-refractivity contribution in [1.82, 2.24) is 20.0 Å². The molecule has 2 aromatic heterocycles. The quantitative estimate of drug-likeness (QED) is 0.789. The lowest BCUT2D eigenvalue weighted by molar-refractivity contribution is -0.131. The lowest BCUT2D eigenvalue weighted by Crippen LogP contribution is -2.28. The number of nitrogens with zero attached hydrogens (tertiary/aromatic N) is 4. The first-order valence-electron chi connectivity index (χ1n) is 7.61. The molecule has 1 atom stereocenters. The van der Waals surface area contributed by atoms with Gasteiger partial charge in [0, 0.05) is 19.7 Å². The first kappa shape index (κ1) is 16.6. The molecule has 0 spiro atoms. The van der Waals surface area contributed by atoms with E-state index in [9.17, 15) is 13.2 Å². The summed E-state index contributed by atoms with van der Waals surface area (Å²) >= 11 is 0. The summed E-state index contributed by atoms with van der Waals surface area (Å²) in [5.41, 5.74) is 0.595. The number of pyridine rings is 1. The van der Waals surface area contributed by atoms with E-state index in [1.807, 2.05) is 6.07 Å². The summed E-state index contributed by atoms with van der Waals surface area (Å²) < 4.78 is 28.1. The molecule has 1 unspecified atom stereocenters. The molecule has 0 saturated carbocycles. The molecule has 8 nitrogen and oxygen atoms in total. The zero-order valence-electron chi connectivity index (χ0n) is 13.3. The Hall–Kier alpha value is -2.29. The molecule has 24 heavy (non-hydrogen) atoms. The van der Waals surface area contributed by atoms with Gasteiger partial charge >= 0.3 is 0 Å². The second-order valence-corrected chi connectivity index (χ2v) is 8.18. The molecule has 0 N–H and O–H groups in total. The number of sulfone groups is 1. The van der Waals surface area contributed by atoms with Crippen molar-refractivity contribution < 1.29 is 17.7 Å². The van der Waals surface area contributed by atoms with Crippen LogP contribution in [0.25, 0.3) is 11.5 Å². The van der Waals surface area contributed by atoms with Gasteiger partial charge in [0.1, 0.15) is 5.69 Å². The van der Waals surface area contributed by atoms with Crippen LogP contribution in [0.5, 0.6) is 0 Å². The third-order valence-electron chi connectivity index (χ3n) is 3.95. The van der Waals surface area contributed by atoms with Crippen LogP contribution >= 0.6 is 0 Å². The Labute approximate surface area is 139 Å². The third kappa shape index (κ3) is 3.97. The monoisotopic (exact) mass is 350 g/mol. The highest BCUT2D eigenvalue weighted by molar-refractivity contribution is 7.91. The van der Waals surface area contributed by atoms with Crippen LogP contribution in [0.1, 0.15) is 18.7 Å². The topological polar surface area (TPSA) is 106 Å². The van der Waals surface area contributed by atoms with Gasteiger partial charge in [-0.25, -0.2) is 8.42 Å². The Morgan fingerprint density at radius 2 is 2.25 bits per heavy atom. The zero-order chi connectivity index (χ0) is 17.2. The fourth-order valence-corrected chi connectivity index (χ4v) is 4.51. The molecule has 0 bridgehead atoms. The highest BCUT2D eigenvalue weighted by Gasteiger charge is 2.30. The minimum Gasteiger partial charge on any atom is -0.337 e. The number of amides is 1. The van der Waals surface area contributed by atoms with E-state index in [0.717, 1.165) is 0 Å². The van der Waals surface area contributed by atoms with Gasteiger partial charge in [-0.3, -0.25) is 9.78 Å². The number of carbonyl (C=O) groups is 1. The van der Waals surface area contributed by atoms with Crippen LogP contribution in [0, 0.1) is 5.92 Å². The van der Waals surface area contributed by atoms with E-state index in [1.165, 1.54) is 4.90 Å². The molecule has 0 aromatic carbocycles. The van der Waals surface area contributed by atoms with E-state index in [2.05, 4.69) is 15.1 Å². The van der Waals surface area contributed by atoms with Crippen LogP contribution in [0.4, 0.5) is 0 Å². The van der Waals surface area contributed by atoms with Gasteiger partial charge < -0.3 is 9.42 Å². The van der Waals surface area contributed by atoms with Crippen molar-refractivity contribution in [3.63, 3.8) is 0 Å². The maximum absolute atomic E-state index is 12.2. The Morgan fingerprint density at radius 1 is 1.42 bits per heavy atom. The SMILES string of the molecule is CN(Cc1nc(-c2ccccn2)no1)C(=O)CC1CCS(=O)(=O)C1. The second-order valence-electron chi connectivity index (χ2n) is 5.95. The normalized spacial score (nSPS) is 19.3. The predicted molar refractivity (Wildman–Crippen MR) is 85.4 cm³/mol. The molecule has 1 fully saturated rings. The van der Waals surface area contributed by atoms with Crippen molar-refractivity contribution in [2.24, 2.45) is 5.92 Å². The Morgan fingerprint density at radius 3 is 2.92 bits per heavy atom. The number of carbonyl (C=O) groups excluding carboxylic acids is 1. The fourth-order valence-electron chi connectivity index (χ4n) is 2.65. The second kappa shape index (κ2) is 6.68. The third-order valence-corrected chi connectivity index (χ3v) is 5.79. The number of hydrogen-bond acceptors (Lipinski definition) is 7. The average Bonchev–Trinajstić information content (AvgIpc) is 3.14. The molecule has 3 rings (SSSR count). The zero-order valence-corrected chi connectivity index (χ0v) is 14.1. The first-order chi connectivity index (χ1) is 11.4. The van der Waals surface area contributed by atoms with Crippen molar-refractivity contribution in [2.75, 3.05) is 18.6 Å². The molecule has 1 saturated heterocycles. The largest absolute Gasteiger partial charge is 0.337 e. The van der Waals surface area contributed by atoms with Gasteiger partial charge in [-0.05, 0) is 24.5 Å². The van der Waals surface area contributed by atoms with Crippen LogP contribution in [-0.4, -0.2) is 52.9 Å². The van der Waals surface area contributed by atoms with Crippen molar-refractivity contribution >= 4 is 15.7 Å². The predicted octanol–water partition coefficient (Wildman–Crippen LogP) is 0.915. The van der Waals surface area contributed by atoms with Gasteiger partial charge in [0.2, 0.25) is 17.6 Å². The van der Waals surface area contributed by atoms with E-state index in [0.29, 0.717) is 23.8 Å².